The normalized spacial score (nSPS) is 28.2. The summed E-state index contributed by atoms with van der Waals surface area (Å²) in [5.74, 6) is 0.795. The molecular formula is C15H30N2O2. The van der Waals surface area contributed by atoms with Crippen LogP contribution in [0.1, 0.15) is 46.5 Å². The molecule has 0 saturated heterocycles. The first-order valence-corrected chi connectivity index (χ1v) is 7.38. The fourth-order valence-electron chi connectivity index (χ4n) is 2.60. The molecule has 1 fully saturated rings. The van der Waals surface area contributed by atoms with Crippen LogP contribution in [0.4, 0.5) is 0 Å². The second kappa shape index (κ2) is 7.25. The first-order chi connectivity index (χ1) is 8.85. The Morgan fingerprint density at radius 2 is 2.11 bits per heavy atom. The van der Waals surface area contributed by atoms with E-state index in [9.17, 15) is 4.79 Å². The van der Waals surface area contributed by atoms with E-state index in [1.807, 2.05) is 0 Å². The molecule has 0 aromatic rings. The van der Waals surface area contributed by atoms with Crippen molar-refractivity contribution in [3.05, 3.63) is 0 Å². The van der Waals surface area contributed by atoms with Crippen molar-refractivity contribution in [1.82, 2.24) is 5.32 Å². The number of nitrogens with one attached hydrogen (secondary N) is 1. The van der Waals surface area contributed by atoms with Crippen molar-refractivity contribution in [3.63, 3.8) is 0 Å². The van der Waals surface area contributed by atoms with Gasteiger partial charge in [-0.1, -0.05) is 20.8 Å². The van der Waals surface area contributed by atoms with Gasteiger partial charge in [-0.2, -0.15) is 0 Å². The smallest absolute Gasteiger partial charge is 0.223 e. The molecule has 0 aromatic heterocycles. The van der Waals surface area contributed by atoms with Gasteiger partial charge in [0.05, 0.1) is 0 Å². The van der Waals surface area contributed by atoms with Gasteiger partial charge < -0.3 is 15.8 Å². The van der Waals surface area contributed by atoms with E-state index < -0.39 is 0 Å². The summed E-state index contributed by atoms with van der Waals surface area (Å²) in [4.78, 5) is 12.2. The van der Waals surface area contributed by atoms with E-state index in [1.54, 1.807) is 7.11 Å². The molecule has 1 saturated carbocycles. The van der Waals surface area contributed by atoms with Gasteiger partial charge in [0.2, 0.25) is 5.91 Å². The summed E-state index contributed by atoms with van der Waals surface area (Å²) in [7, 11) is 1.71. The average molecular weight is 270 g/mol. The van der Waals surface area contributed by atoms with Gasteiger partial charge in [0.15, 0.2) is 0 Å². The van der Waals surface area contributed by atoms with Crippen molar-refractivity contribution >= 4 is 5.91 Å². The van der Waals surface area contributed by atoms with Crippen molar-refractivity contribution in [3.8, 4) is 0 Å². The van der Waals surface area contributed by atoms with E-state index in [4.69, 9.17) is 10.5 Å². The lowest BCUT2D eigenvalue weighted by Crippen LogP contribution is -2.43. The van der Waals surface area contributed by atoms with Gasteiger partial charge >= 0.3 is 0 Å². The van der Waals surface area contributed by atoms with Crippen LogP contribution in [-0.4, -0.2) is 32.2 Å². The topological polar surface area (TPSA) is 64.3 Å². The van der Waals surface area contributed by atoms with Crippen LogP contribution in [0, 0.1) is 17.3 Å². The number of hydrogen-bond donors (Lipinski definition) is 2. The third-order valence-corrected chi connectivity index (χ3v) is 4.33. The summed E-state index contributed by atoms with van der Waals surface area (Å²) in [5.41, 5.74) is 6.08. The Balaban J connectivity index is 2.35. The molecule has 112 valence electrons. The maximum atomic E-state index is 12.2. The van der Waals surface area contributed by atoms with Gasteiger partial charge in [-0.05, 0) is 37.0 Å². The molecule has 1 amide bonds. The Bertz CT molecular complexity index is 292. The van der Waals surface area contributed by atoms with Crippen molar-refractivity contribution in [2.75, 3.05) is 20.3 Å². The third kappa shape index (κ3) is 5.49. The molecule has 3 atom stereocenters. The number of rotatable bonds is 6. The molecule has 1 aliphatic rings. The van der Waals surface area contributed by atoms with E-state index >= 15 is 0 Å². The first kappa shape index (κ1) is 16.4. The zero-order valence-corrected chi connectivity index (χ0v) is 12.9. The minimum Gasteiger partial charge on any atom is -0.385 e. The minimum absolute atomic E-state index is 0.0857. The molecule has 0 heterocycles. The fourth-order valence-corrected chi connectivity index (χ4v) is 2.60. The highest BCUT2D eigenvalue weighted by molar-refractivity contribution is 5.78. The van der Waals surface area contributed by atoms with Gasteiger partial charge in [-0.3, -0.25) is 4.79 Å². The molecule has 0 bridgehead atoms. The summed E-state index contributed by atoms with van der Waals surface area (Å²) in [5, 5.41) is 3.10. The van der Waals surface area contributed by atoms with Crippen LogP contribution in [-0.2, 0) is 9.53 Å². The molecule has 3 N–H and O–H groups in total. The number of methoxy groups -OCH3 is 1. The number of nitrogens with two attached hydrogens (primary N) is 1. The van der Waals surface area contributed by atoms with Crippen LogP contribution >= 0.6 is 0 Å². The maximum absolute atomic E-state index is 12.2. The number of amides is 1. The molecule has 19 heavy (non-hydrogen) atoms. The Morgan fingerprint density at radius 1 is 1.42 bits per heavy atom. The summed E-state index contributed by atoms with van der Waals surface area (Å²) in [6.45, 7) is 7.91. The highest BCUT2D eigenvalue weighted by Crippen LogP contribution is 2.28. The minimum atomic E-state index is 0.0857. The van der Waals surface area contributed by atoms with E-state index in [1.165, 1.54) is 0 Å². The van der Waals surface area contributed by atoms with E-state index in [-0.39, 0.29) is 23.3 Å². The second-order valence-corrected chi connectivity index (χ2v) is 6.78. The zero-order valence-electron chi connectivity index (χ0n) is 12.9. The van der Waals surface area contributed by atoms with Gasteiger partial charge in [0.25, 0.3) is 0 Å². The van der Waals surface area contributed by atoms with Gasteiger partial charge in [0.1, 0.15) is 0 Å². The lowest BCUT2D eigenvalue weighted by Gasteiger charge is -2.32. The summed E-state index contributed by atoms with van der Waals surface area (Å²) < 4.78 is 5.10. The Kier molecular flexibility index (Phi) is 6.27. The van der Waals surface area contributed by atoms with E-state index in [2.05, 4.69) is 26.1 Å². The average Bonchev–Trinajstić information content (AvgIpc) is 2.37. The largest absolute Gasteiger partial charge is 0.385 e. The highest BCUT2D eigenvalue weighted by atomic mass is 16.5. The Morgan fingerprint density at radius 3 is 2.68 bits per heavy atom. The number of carbonyl (C=O) groups is 1. The van der Waals surface area contributed by atoms with Crippen molar-refractivity contribution < 1.29 is 9.53 Å². The second-order valence-electron chi connectivity index (χ2n) is 6.78. The van der Waals surface area contributed by atoms with Crippen LogP contribution in [0.25, 0.3) is 0 Å². The molecule has 4 heteroatoms. The van der Waals surface area contributed by atoms with Gasteiger partial charge in [-0.25, -0.2) is 0 Å². The lowest BCUT2D eigenvalue weighted by atomic mass is 9.79. The fraction of sp³-hybridized carbons (Fsp3) is 0.933. The lowest BCUT2D eigenvalue weighted by molar-refractivity contribution is -0.127. The van der Waals surface area contributed by atoms with E-state index in [0.717, 1.165) is 32.3 Å². The molecule has 0 radical (unpaired) electrons. The summed E-state index contributed by atoms with van der Waals surface area (Å²) in [6, 6.07) is 0.266. The standard InChI is InChI=1S/C15H30N2O2/c1-11-9-12(5-6-13(11)16)14(18)17-10-15(2,3)7-8-19-4/h11-13H,5-10,16H2,1-4H3,(H,17,18). The monoisotopic (exact) mass is 270 g/mol. The predicted molar refractivity (Wildman–Crippen MR) is 77.8 cm³/mol. The summed E-state index contributed by atoms with van der Waals surface area (Å²) >= 11 is 0. The quantitative estimate of drug-likeness (QED) is 0.775. The Labute approximate surface area is 117 Å². The molecule has 1 rings (SSSR count). The number of carbonyl (C=O) groups excluding carboxylic acids is 1. The molecule has 4 nitrogen and oxygen atoms in total. The molecule has 1 aliphatic carbocycles. The van der Waals surface area contributed by atoms with Crippen LogP contribution in [0.3, 0.4) is 0 Å². The maximum Gasteiger partial charge on any atom is 0.223 e. The molecule has 3 unspecified atom stereocenters. The van der Waals surface area contributed by atoms with E-state index in [0.29, 0.717) is 12.5 Å². The third-order valence-electron chi connectivity index (χ3n) is 4.33. The molecule has 0 aromatic carbocycles. The van der Waals surface area contributed by atoms with Crippen molar-refractivity contribution in [2.24, 2.45) is 23.0 Å². The Hall–Kier alpha value is -0.610. The predicted octanol–water partition coefficient (Wildman–Crippen LogP) is 1.93. The van der Waals surface area contributed by atoms with Crippen LogP contribution < -0.4 is 11.1 Å². The zero-order chi connectivity index (χ0) is 14.5. The molecule has 0 spiro atoms. The number of hydrogen-bond acceptors (Lipinski definition) is 3. The van der Waals surface area contributed by atoms with Gasteiger partial charge in [0, 0.05) is 32.2 Å². The van der Waals surface area contributed by atoms with Crippen LogP contribution in [0.5, 0.6) is 0 Å². The SMILES string of the molecule is COCCC(C)(C)CNC(=O)C1CCC(N)C(C)C1. The van der Waals surface area contributed by atoms with Crippen molar-refractivity contribution in [2.45, 2.75) is 52.5 Å². The van der Waals surface area contributed by atoms with Gasteiger partial charge in [-0.15, -0.1) is 0 Å². The van der Waals surface area contributed by atoms with Crippen molar-refractivity contribution in [1.29, 1.82) is 0 Å². The summed E-state index contributed by atoms with van der Waals surface area (Å²) in [6.07, 6.45) is 3.77. The van der Waals surface area contributed by atoms with Crippen LogP contribution in [0.15, 0.2) is 0 Å². The molecular weight excluding hydrogens is 240 g/mol. The number of ether oxygens (including phenoxy) is 1. The molecule has 0 aliphatic heterocycles. The van der Waals surface area contributed by atoms with Crippen LogP contribution in [0.2, 0.25) is 0 Å². The first-order valence-electron chi connectivity index (χ1n) is 7.38. The highest BCUT2D eigenvalue weighted by Gasteiger charge is 2.30.